The SMILES string of the molecule is C[C@@H](CO)NC(=O)c1nccc2nn(Cc3cnc(OCC(F)(F)C(F)F)c(Cl)c3)cc12. The lowest BCUT2D eigenvalue weighted by Crippen LogP contribution is -2.35. The minimum Gasteiger partial charge on any atom is -0.470 e. The quantitative estimate of drug-likeness (QED) is 0.461. The molecule has 3 aromatic rings. The maximum atomic E-state index is 13.0. The zero-order chi connectivity index (χ0) is 23.5. The van der Waals surface area contributed by atoms with Gasteiger partial charge < -0.3 is 15.2 Å². The second-order valence-electron chi connectivity index (χ2n) is 6.96. The Balaban J connectivity index is 1.76. The van der Waals surface area contributed by atoms with Gasteiger partial charge in [0, 0.05) is 24.6 Å². The highest BCUT2D eigenvalue weighted by molar-refractivity contribution is 6.31. The number of aromatic nitrogens is 4. The van der Waals surface area contributed by atoms with E-state index in [2.05, 4.69) is 25.1 Å². The Bertz CT molecular complexity index is 1110. The summed E-state index contributed by atoms with van der Waals surface area (Å²) in [6.45, 7) is 0.00539. The molecule has 0 radical (unpaired) electrons. The van der Waals surface area contributed by atoms with E-state index in [0.717, 1.165) is 0 Å². The molecule has 3 aromatic heterocycles. The van der Waals surface area contributed by atoms with Gasteiger partial charge in [0.2, 0.25) is 5.88 Å². The number of nitrogens with one attached hydrogen (secondary N) is 1. The molecule has 1 atom stereocenters. The topological polar surface area (TPSA) is 102 Å². The summed E-state index contributed by atoms with van der Waals surface area (Å²) in [5, 5.41) is 16.4. The number of nitrogens with zero attached hydrogens (tertiary/aromatic N) is 4. The Morgan fingerprint density at radius 3 is 2.78 bits per heavy atom. The van der Waals surface area contributed by atoms with Crippen molar-refractivity contribution in [3.05, 3.63) is 47.0 Å². The summed E-state index contributed by atoms with van der Waals surface area (Å²) in [7, 11) is 0. The molecule has 172 valence electrons. The van der Waals surface area contributed by atoms with E-state index in [1.165, 1.54) is 23.1 Å². The van der Waals surface area contributed by atoms with Gasteiger partial charge in [0.05, 0.1) is 24.1 Å². The third-order valence-electron chi connectivity index (χ3n) is 4.28. The van der Waals surface area contributed by atoms with Crippen LogP contribution in [0.3, 0.4) is 0 Å². The number of ether oxygens (including phenoxy) is 1. The van der Waals surface area contributed by atoms with Gasteiger partial charge in [-0.15, -0.1) is 0 Å². The van der Waals surface area contributed by atoms with Gasteiger partial charge in [-0.2, -0.15) is 13.9 Å². The molecule has 0 aliphatic carbocycles. The van der Waals surface area contributed by atoms with Crippen LogP contribution in [0.1, 0.15) is 23.0 Å². The maximum Gasteiger partial charge on any atom is 0.340 e. The van der Waals surface area contributed by atoms with Crippen molar-refractivity contribution in [1.82, 2.24) is 25.1 Å². The molecule has 2 N–H and O–H groups in total. The van der Waals surface area contributed by atoms with Crippen molar-refractivity contribution in [3.8, 4) is 5.88 Å². The summed E-state index contributed by atoms with van der Waals surface area (Å²) in [6.07, 6.45) is 0.422. The smallest absolute Gasteiger partial charge is 0.340 e. The average molecular weight is 476 g/mol. The van der Waals surface area contributed by atoms with Gasteiger partial charge in [0.25, 0.3) is 5.91 Å². The third-order valence-corrected chi connectivity index (χ3v) is 4.55. The van der Waals surface area contributed by atoms with Crippen LogP contribution in [0.4, 0.5) is 17.6 Å². The second kappa shape index (κ2) is 9.65. The highest BCUT2D eigenvalue weighted by Crippen LogP contribution is 2.28. The molecule has 0 fully saturated rings. The zero-order valence-corrected chi connectivity index (χ0v) is 17.4. The number of carbonyl (C=O) groups excluding carboxylic acids is 1. The summed E-state index contributed by atoms with van der Waals surface area (Å²) >= 11 is 5.98. The van der Waals surface area contributed by atoms with E-state index in [4.69, 9.17) is 16.7 Å². The van der Waals surface area contributed by atoms with Crippen LogP contribution in [-0.2, 0) is 6.54 Å². The first-order valence-corrected chi connectivity index (χ1v) is 9.65. The number of hydrogen-bond acceptors (Lipinski definition) is 6. The lowest BCUT2D eigenvalue weighted by Gasteiger charge is -2.16. The van der Waals surface area contributed by atoms with Crippen LogP contribution < -0.4 is 10.1 Å². The van der Waals surface area contributed by atoms with Crippen LogP contribution in [-0.4, -0.2) is 62.4 Å². The molecule has 3 rings (SSSR count). The van der Waals surface area contributed by atoms with E-state index in [0.29, 0.717) is 16.5 Å². The average Bonchev–Trinajstić information content (AvgIpc) is 3.15. The van der Waals surface area contributed by atoms with Crippen LogP contribution >= 0.6 is 11.6 Å². The molecule has 32 heavy (non-hydrogen) atoms. The number of fused-ring (bicyclic) bond motifs is 1. The molecular weight excluding hydrogens is 458 g/mol. The van der Waals surface area contributed by atoms with Crippen molar-refractivity contribution < 1.29 is 32.2 Å². The molecule has 0 aromatic carbocycles. The number of halogens is 5. The Hall–Kier alpha value is -2.99. The Morgan fingerprint density at radius 2 is 2.12 bits per heavy atom. The van der Waals surface area contributed by atoms with Crippen molar-refractivity contribution in [2.24, 2.45) is 0 Å². The Labute approximate surface area is 184 Å². The van der Waals surface area contributed by atoms with Crippen molar-refractivity contribution in [2.45, 2.75) is 31.9 Å². The fourth-order valence-electron chi connectivity index (χ4n) is 2.67. The number of aliphatic hydroxyl groups is 1. The molecular formula is C19H18ClF4N5O3. The Kier molecular flexibility index (Phi) is 7.14. The van der Waals surface area contributed by atoms with E-state index in [1.807, 2.05) is 0 Å². The molecule has 0 saturated heterocycles. The predicted octanol–water partition coefficient (Wildman–Crippen LogP) is 2.92. The van der Waals surface area contributed by atoms with Gasteiger partial charge in [0.1, 0.15) is 10.7 Å². The van der Waals surface area contributed by atoms with Gasteiger partial charge in [-0.3, -0.25) is 14.5 Å². The predicted molar refractivity (Wildman–Crippen MR) is 106 cm³/mol. The normalized spacial score (nSPS) is 12.9. The highest BCUT2D eigenvalue weighted by atomic mass is 35.5. The van der Waals surface area contributed by atoms with E-state index >= 15 is 0 Å². The van der Waals surface area contributed by atoms with Gasteiger partial charge in [-0.25, -0.2) is 13.8 Å². The molecule has 0 aliphatic heterocycles. The summed E-state index contributed by atoms with van der Waals surface area (Å²) < 4.78 is 56.6. The monoisotopic (exact) mass is 475 g/mol. The number of rotatable bonds is 9. The molecule has 0 bridgehead atoms. The summed E-state index contributed by atoms with van der Waals surface area (Å²) in [6, 6.07) is 2.54. The number of aliphatic hydroxyl groups excluding tert-OH is 1. The third kappa shape index (κ3) is 5.43. The standard InChI is InChI=1S/C19H18ClF4N5O3/c1-10(8-30)27-16(31)15-12-7-29(28-14(12)2-3-25-15)6-11-4-13(20)17(26-5-11)32-9-19(23,24)18(21)22/h2-5,7,10,18,30H,6,8-9H2,1H3,(H,27,31)/t10-/m0/s1. The largest absolute Gasteiger partial charge is 0.470 e. The van der Waals surface area contributed by atoms with Gasteiger partial charge >= 0.3 is 12.3 Å². The molecule has 0 spiro atoms. The number of amides is 1. The zero-order valence-electron chi connectivity index (χ0n) is 16.6. The first-order valence-electron chi connectivity index (χ1n) is 9.27. The molecule has 1 amide bonds. The van der Waals surface area contributed by atoms with E-state index in [-0.39, 0.29) is 23.9 Å². The van der Waals surface area contributed by atoms with Crippen molar-refractivity contribution >= 4 is 28.4 Å². The fourth-order valence-corrected chi connectivity index (χ4v) is 2.91. The van der Waals surface area contributed by atoms with E-state index in [9.17, 15) is 22.4 Å². The molecule has 0 saturated carbocycles. The van der Waals surface area contributed by atoms with Crippen molar-refractivity contribution in [1.29, 1.82) is 0 Å². The highest BCUT2D eigenvalue weighted by Gasteiger charge is 2.42. The van der Waals surface area contributed by atoms with Crippen LogP contribution in [0.15, 0.2) is 30.7 Å². The van der Waals surface area contributed by atoms with Gasteiger partial charge in [-0.1, -0.05) is 11.6 Å². The molecule has 0 unspecified atom stereocenters. The van der Waals surface area contributed by atoms with Crippen LogP contribution in [0.5, 0.6) is 5.88 Å². The first-order chi connectivity index (χ1) is 15.1. The van der Waals surface area contributed by atoms with Crippen molar-refractivity contribution in [3.63, 3.8) is 0 Å². The van der Waals surface area contributed by atoms with Gasteiger partial charge in [0.15, 0.2) is 6.61 Å². The number of pyridine rings is 2. The number of carbonyl (C=O) groups is 1. The minimum atomic E-state index is -4.33. The summed E-state index contributed by atoms with van der Waals surface area (Å²) in [5.74, 6) is -5.20. The van der Waals surface area contributed by atoms with Crippen LogP contribution in [0.25, 0.3) is 10.9 Å². The molecule has 3 heterocycles. The Morgan fingerprint density at radius 1 is 1.38 bits per heavy atom. The van der Waals surface area contributed by atoms with Crippen LogP contribution in [0, 0.1) is 0 Å². The summed E-state index contributed by atoms with van der Waals surface area (Å²) in [5.41, 5.74) is 1.15. The first kappa shape index (κ1) is 23.7. The molecule has 13 heteroatoms. The summed E-state index contributed by atoms with van der Waals surface area (Å²) in [4.78, 5) is 20.3. The van der Waals surface area contributed by atoms with E-state index in [1.54, 1.807) is 19.2 Å². The fraction of sp³-hybridized carbons (Fsp3) is 0.368. The van der Waals surface area contributed by atoms with Crippen molar-refractivity contribution in [2.75, 3.05) is 13.2 Å². The maximum absolute atomic E-state index is 13.0. The lowest BCUT2D eigenvalue weighted by molar-refractivity contribution is -0.148. The lowest BCUT2D eigenvalue weighted by atomic mass is 10.2. The second-order valence-corrected chi connectivity index (χ2v) is 7.36. The molecule has 0 aliphatic rings. The number of alkyl halides is 4. The van der Waals surface area contributed by atoms with Crippen LogP contribution in [0.2, 0.25) is 5.02 Å². The van der Waals surface area contributed by atoms with Gasteiger partial charge in [-0.05, 0) is 24.6 Å². The molecule has 8 nitrogen and oxygen atoms in total. The number of hydrogen-bond donors (Lipinski definition) is 2. The minimum absolute atomic E-state index is 0.133. The van der Waals surface area contributed by atoms with E-state index < -0.39 is 36.8 Å².